The Hall–Kier alpha value is -0.240. The van der Waals surface area contributed by atoms with Gasteiger partial charge in [-0.15, -0.1) is 0 Å². The number of benzene rings is 1. The van der Waals surface area contributed by atoms with Crippen LogP contribution in [0.5, 0.6) is 0 Å². The van der Waals surface area contributed by atoms with Crippen molar-refractivity contribution in [1.82, 2.24) is 0 Å². The lowest BCUT2D eigenvalue weighted by molar-refractivity contribution is 0.164. The van der Waals surface area contributed by atoms with Gasteiger partial charge in [0.25, 0.3) is 0 Å². The molecule has 78 valence electrons. The van der Waals surface area contributed by atoms with E-state index in [2.05, 4.69) is 0 Å². The molecular formula is C11H14Cl2O. The molecule has 1 aromatic carbocycles. The molecule has 1 N–H and O–H groups in total. The van der Waals surface area contributed by atoms with Gasteiger partial charge in [0.1, 0.15) is 0 Å². The van der Waals surface area contributed by atoms with Crippen LogP contribution in [0.3, 0.4) is 0 Å². The molecule has 0 aromatic heterocycles. The molecule has 1 nitrogen and oxygen atoms in total. The third kappa shape index (κ3) is 3.16. The highest BCUT2D eigenvalue weighted by Crippen LogP contribution is 2.26. The molecule has 0 heterocycles. The summed E-state index contributed by atoms with van der Waals surface area (Å²) in [6.45, 7) is 2.04. The van der Waals surface area contributed by atoms with E-state index < -0.39 is 0 Å². The maximum atomic E-state index is 9.63. The minimum absolute atomic E-state index is 0.350. The number of hydrogen-bond acceptors (Lipinski definition) is 1. The van der Waals surface area contributed by atoms with E-state index in [0.717, 1.165) is 18.4 Å². The summed E-state index contributed by atoms with van der Waals surface area (Å²) in [6.07, 6.45) is 1.93. The molecule has 3 heteroatoms. The topological polar surface area (TPSA) is 20.2 Å². The molecule has 14 heavy (non-hydrogen) atoms. The number of halogens is 2. The fourth-order valence-electron chi connectivity index (χ4n) is 1.40. The van der Waals surface area contributed by atoms with Gasteiger partial charge in [-0.05, 0) is 24.1 Å². The van der Waals surface area contributed by atoms with E-state index in [0.29, 0.717) is 16.5 Å². The molecule has 0 unspecified atom stereocenters. The summed E-state index contributed by atoms with van der Waals surface area (Å²) in [5.41, 5.74) is 0.844. The van der Waals surface area contributed by atoms with Crippen LogP contribution in [-0.2, 0) is 6.42 Å². The van der Waals surface area contributed by atoms with Crippen molar-refractivity contribution in [3.05, 3.63) is 33.8 Å². The normalized spacial score (nSPS) is 12.9. The summed E-state index contributed by atoms with van der Waals surface area (Å²) in [7, 11) is 0. The van der Waals surface area contributed by atoms with Gasteiger partial charge in [-0.2, -0.15) is 0 Å². The van der Waals surface area contributed by atoms with Crippen LogP contribution in [0.15, 0.2) is 18.2 Å². The van der Waals surface area contributed by atoms with Crippen molar-refractivity contribution in [1.29, 1.82) is 0 Å². The van der Waals surface area contributed by atoms with E-state index in [-0.39, 0.29) is 6.10 Å². The van der Waals surface area contributed by atoms with Crippen LogP contribution in [-0.4, -0.2) is 11.2 Å². The molecule has 1 rings (SSSR count). The van der Waals surface area contributed by atoms with Gasteiger partial charge in [0.05, 0.1) is 6.10 Å². The first-order chi connectivity index (χ1) is 6.65. The van der Waals surface area contributed by atoms with Crippen LogP contribution < -0.4 is 0 Å². The summed E-state index contributed by atoms with van der Waals surface area (Å²) in [4.78, 5) is 0. The average Bonchev–Trinajstić information content (AvgIpc) is 2.12. The van der Waals surface area contributed by atoms with Crippen molar-refractivity contribution >= 4 is 23.2 Å². The molecule has 0 saturated carbocycles. The summed E-state index contributed by atoms with van der Waals surface area (Å²) < 4.78 is 0. The third-order valence-corrected chi connectivity index (χ3v) is 2.83. The van der Waals surface area contributed by atoms with Crippen molar-refractivity contribution in [3.8, 4) is 0 Å². The summed E-state index contributed by atoms with van der Waals surface area (Å²) in [5.74, 6) is 0. The average molecular weight is 233 g/mol. The Balaban J connectivity index is 2.75. The Morgan fingerprint density at radius 3 is 2.36 bits per heavy atom. The van der Waals surface area contributed by atoms with Gasteiger partial charge < -0.3 is 5.11 Å². The second-order valence-corrected chi connectivity index (χ2v) is 4.16. The first kappa shape index (κ1) is 11.8. The molecule has 0 radical (unpaired) electrons. The van der Waals surface area contributed by atoms with E-state index in [1.54, 1.807) is 18.2 Å². The third-order valence-electron chi connectivity index (χ3n) is 2.12. The number of rotatable bonds is 4. The molecule has 0 fully saturated rings. The molecule has 0 aliphatic carbocycles. The minimum Gasteiger partial charge on any atom is -0.393 e. The second kappa shape index (κ2) is 5.59. The first-order valence-corrected chi connectivity index (χ1v) is 5.51. The number of hydrogen-bond donors (Lipinski definition) is 1. The van der Waals surface area contributed by atoms with Gasteiger partial charge in [0.2, 0.25) is 0 Å². The molecule has 0 spiro atoms. The summed E-state index contributed by atoms with van der Waals surface area (Å²) >= 11 is 12.0. The van der Waals surface area contributed by atoms with Crippen LogP contribution in [0.2, 0.25) is 10.0 Å². The predicted octanol–water partition coefficient (Wildman–Crippen LogP) is 3.70. The Kier molecular flexibility index (Phi) is 4.73. The standard InChI is InChI=1S/C11H14Cl2O/c1-2-4-8(14)7-9-10(12)5-3-6-11(9)13/h3,5-6,8,14H,2,4,7H2,1H3/t8-/m0/s1. The van der Waals surface area contributed by atoms with Gasteiger partial charge in [0, 0.05) is 16.5 Å². The molecule has 0 aliphatic heterocycles. The molecule has 1 atom stereocenters. The van der Waals surface area contributed by atoms with Gasteiger partial charge >= 0.3 is 0 Å². The van der Waals surface area contributed by atoms with Gasteiger partial charge in [0.15, 0.2) is 0 Å². The highest BCUT2D eigenvalue weighted by Gasteiger charge is 2.10. The van der Waals surface area contributed by atoms with E-state index >= 15 is 0 Å². The lowest BCUT2D eigenvalue weighted by Gasteiger charge is -2.11. The van der Waals surface area contributed by atoms with Crippen molar-refractivity contribution in [2.24, 2.45) is 0 Å². The van der Waals surface area contributed by atoms with Gasteiger partial charge in [-0.1, -0.05) is 42.6 Å². The zero-order chi connectivity index (χ0) is 10.6. The number of aliphatic hydroxyl groups excluding tert-OH is 1. The van der Waals surface area contributed by atoms with E-state index in [9.17, 15) is 5.11 Å². The Bertz CT molecular complexity index is 279. The highest BCUT2D eigenvalue weighted by atomic mass is 35.5. The predicted molar refractivity (Wildman–Crippen MR) is 61.1 cm³/mol. The Morgan fingerprint density at radius 1 is 1.29 bits per heavy atom. The minimum atomic E-state index is -0.350. The fourth-order valence-corrected chi connectivity index (χ4v) is 1.95. The van der Waals surface area contributed by atoms with Crippen LogP contribution in [0.25, 0.3) is 0 Å². The highest BCUT2D eigenvalue weighted by molar-refractivity contribution is 6.35. The lowest BCUT2D eigenvalue weighted by atomic mass is 10.0. The quantitative estimate of drug-likeness (QED) is 0.840. The zero-order valence-corrected chi connectivity index (χ0v) is 9.65. The maximum Gasteiger partial charge on any atom is 0.0581 e. The van der Waals surface area contributed by atoms with Crippen molar-refractivity contribution < 1.29 is 5.11 Å². The summed E-state index contributed by atoms with van der Waals surface area (Å²) in [5, 5.41) is 10.9. The van der Waals surface area contributed by atoms with Crippen molar-refractivity contribution in [2.45, 2.75) is 32.3 Å². The van der Waals surface area contributed by atoms with Crippen LogP contribution in [0.1, 0.15) is 25.3 Å². The van der Waals surface area contributed by atoms with E-state index in [4.69, 9.17) is 23.2 Å². The Labute approximate surface area is 94.7 Å². The Morgan fingerprint density at radius 2 is 1.86 bits per heavy atom. The SMILES string of the molecule is CCC[C@H](O)Cc1c(Cl)cccc1Cl. The summed E-state index contributed by atoms with van der Waals surface area (Å²) in [6, 6.07) is 5.39. The first-order valence-electron chi connectivity index (χ1n) is 4.76. The molecular weight excluding hydrogens is 219 g/mol. The van der Waals surface area contributed by atoms with Gasteiger partial charge in [-0.3, -0.25) is 0 Å². The monoisotopic (exact) mass is 232 g/mol. The molecule has 1 aromatic rings. The fraction of sp³-hybridized carbons (Fsp3) is 0.455. The smallest absolute Gasteiger partial charge is 0.0581 e. The van der Waals surface area contributed by atoms with Crippen LogP contribution in [0.4, 0.5) is 0 Å². The largest absolute Gasteiger partial charge is 0.393 e. The van der Waals surface area contributed by atoms with E-state index in [1.165, 1.54) is 0 Å². The van der Waals surface area contributed by atoms with Gasteiger partial charge in [-0.25, -0.2) is 0 Å². The van der Waals surface area contributed by atoms with Crippen LogP contribution >= 0.6 is 23.2 Å². The number of aliphatic hydroxyl groups is 1. The maximum absolute atomic E-state index is 9.63. The molecule has 0 bridgehead atoms. The molecule has 0 saturated heterocycles. The zero-order valence-electron chi connectivity index (χ0n) is 8.13. The van der Waals surface area contributed by atoms with Crippen molar-refractivity contribution in [3.63, 3.8) is 0 Å². The second-order valence-electron chi connectivity index (χ2n) is 3.35. The van der Waals surface area contributed by atoms with Crippen molar-refractivity contribution in [2.75, 3.05) is 0 Å². The molecule has 0 aliphatic rings. The lowest BCUT2D eigenvalue weighted by Crippen LogP contribution is -2.10. The molecule has 0 amide bonds. The van der Waals surface area contributed by atoms with Crippen LogP contribution in [0, 0.1) is 0 Å². The van der Waals surface area contributed by atoms with E-state index in [1.807, 2.05) is 6.92 Å².